The van der Waals surface area contributed by atoms with Crippen molar-refractivity contribution in [3.8, 4) is 22.8 Å². The summed E-state index contributed by atoms with van der Waals surface area (Å²) in [6, 6.07) is 15.6. The third-order valence-corrected chi connectivity index (χ3v) is 6.10. The monoisotopic (exact) mass is 513 g/mol. The molecule has 2 amide bonds. The summed E-state index contributed by atoms with van der Waals surface area (Å²) in [5, 5.41) is 2.53. The highest BCUT2D eigenvalue weighted by Gasteiger charge is 2.18. The molecule has 35 heavy (non-hydrogen) atoms. The Hall–Kier alpha value is -3.82. The minimum absolute atomic E-state index is 0.0331. The number of benzene rings is 3. The molecule has 0 saturated heterocycles. The largest absolute Gasteiger partial charge is 0.437 e. The third kappa shape index (κ3) is 6.00. The number of amides is 2. The van der Waals surface area contributed by atoms with Crippen LogP contribution in [-0.4, -0.2) is 16.8 Å². The second kappa shape index (κ2) is 10.6. The number of aromatic nitrogens is 1. The van der Waals surface area contributed by atoms with Crippen LogP contribution in [0.3, 0.4) is 0 Å². The molecule has 3 N–H and O–H groups in total. The molecule has 4 rings (SSSR count). The van der Waals surface area contributed by atoms with Crippen molar-refractivity contribution in [1.29, 1.82) is 0 Å². The molecule has 3 aromatic carbocycles. The van der Waals surface area contributed by atoms with Gasteiger partial charge in [-0.3, -0.25) is 9.59 Å². The fourth-order valence-electron chi connectivity index (χ4n) is 3.25. The normalized spacial score (nSPS) is 10.7. The molecule has 0 aliphatic carbocycles. The molecule has 0 bridgehead atoms. The smallest absolute Gasteiger partial charge is 0.267 e. The van der Waals surface area contributed by atoms with Crippen LogP contribution in [0, 0.1) is 11.6 Å². The van der Waals surface area contributed by atoms with Gasteiger partial charge in [-0.2, -0.15) is 0 Å². The third-order valence-electron chi connectivity index (χ3n) is 5.00. The van der Waals surface area contributed by atoms with Crippen LogP contribution in [0.25, 0.3) is 11.1 Å². The minimum Gasteiger partial charge on any atom is -0.437 e. The lowest BCUT2D eigenvalue weighted by atomic mass is 10.0. The van der Waals surface area contributed by atoms with Gasteiger partial charge in [-0.15, -0.1) is 11.3 Å². The number of rotatable bonds is 8. The number of nitrogens with zero attached hydrogens (tertiary/aromatic N) is 1. The van der Waals surface area contributed by atoms with Gasteiger partial charge < -0.3 is 15.8 Å². The Morgan fingerprint density at radius 2 is 1.74 bits per heavy atom. The second-order valence-corrected chi connectivity index (χ2v) is 8.76. The SMILES string of the molecule is NC(=O)Cc1ccc(-c2ccc(CNC(=O)c3scnc3Oc3ccc(F)c(Cl)c3)c(F)c2)cc1. The summed E-state index contributed by atoms with van der Waals surface area (Å²) < 4.78 is 33.6. The van der Waals surface area contributed by atoms with Crippen LogP contribution in [0.5, 0.6) is 11.6 Å². The van der Waals surface area contributed by atoms with E-state index in [0.29, 0.717) is 11.1 Å². The molecule has 1 aromatic heterocycles. The van der Waals surface area contributed by atoms with Gasteiger partial charge in [0, 0.05) is 18.2 Å². The molecule has 0 saturated carbocycles. The first-order valence-corrected chi connectivity index (χ1v) is 11.6. The fourth-order valence-corrected chi connectivity index (χ4v) is 4.05. The lowest BCUT2D eigenvalue weighted by Crippen LogP contribution is -2.22. The van der Waals surface area contributed by atoms with E-state index in [1.165, 1.54) is 23.7 Å². The number of nitrogens with one attached hydrogen (secondary N) is 1. The van der Waals surface area contributed by atoms with Gasteiger partial charge >= 0.3 is 0 Å². The van der Waals surface area contributed by atoms with Crippen molar-refractivity contribution in [1.82, 2.24) is 10.3 Å². The maximum atomic E-state index is 14.7. The van der Waals surface area contributed by atoms with Gasteiger partial charge in [0.15, 0.2) is 4.88 Å². The Balaban J connectivity index is 1.41. The minimum atomic E-state index is -0.594. The van der Waals surface area contributed by atoms with E-state index < -0.39 is 23.4 Å². The van der Waals surface area contributed by atoms with E-state index in [-0.39, 0.29) is 34.5 Å². The fraction of sp³-hybridized carbons (Fsp3) is 0.0800. The summed E-state index contributed by atoms with van der Waals surface area (Å²) in [6.07, 6.45) is 0.136. The average Bonchev–Trinajstić information content (AvgIpc) is 3.29. The Bertz CT molecular complexity index is 1390. The zero-order valence-corrected chi connectivity index (χ0v) is 19.6. The van der Waals surface area contributed by atoms with E-state index in [1.807, 2.05) is 0 Å². The predicted molar refractivity (Wildman–Crippen MR) is 130 cm³/mol. The van der Waals surface area contributed by atoms with Gasteiger partial charge in [0.1, 0.15) is 17.4 Å². The molecule has 0 aliphatic rings. The number of nitrogens with two attached hydrogens (primary N) is 1. The number of hydrogen-bond donors (Lipinski definition) is 2. The van der Waals surface area contributed by atoms with Crippen LogP contribution in [0.2, 0.25) is 5.02 Å². The van der Waals surface area contributed by atoms with Crippen LogP contribution in [0.4, 0.5) is 8.78 Å². The maximum absolute atomic E-state index is 14.7. The van der Waals surface area contributed by atoms with Gasteiger partial charge in [0.05, 0.1) is 17.0 Å². The van der Waals surface area contributed by atoms with Gasteiger partial charge in [0.25, 0.3) is 5.91 Å². The number of carbonyl (C=O) groups excluding carboxylic acids is 2. The first kappa shape index (κ1) is 24.3. The molecule has 0 spiro atoms. The summed E-state index contributed by atoms with van der Waals surface area (Å²) in [6.45, 7) is -0.0534. The molecule has 0 fully saturated rings. The topological polar surface area (TPSA) is 94.3 Å². The summed E-state index contributed by atoms with van der Waals surface area (Å²) in [5.41, 5.74) is 9.13. The summed E-state index contributed by atoms with van der Waals surface area (Å²) >= 11 is 6.81. The van der Waals surface area contributed by atoms with Crippen molar-refractivity contribution < 1.29 is 23.1 Å². The number of hydrogen-bond acceptors (Lipinski definition) is 5. The van der Waals surface area contributed by atoms with Gasteiger partial charge in [-0.25, -0.2) is 13.8 Å². The highest BCUT2D eigenvalue weighted by Crippen LogP contribution is 2.29. The Morgan fingerprint density at radius 3 is 2.43 bits per heavy atom. The first-order valence-electron chi connectivity index (χ1n) is 10.3. The lowest BCUT2D eigenvalue weighted by Gasteiger charge is -2.09. The van der Waals surface area contributed by atoms with Gasteiger partial charge in [-0.05, 0) is 34.9 Å². The average molecular weight is 514 g/mol. The number of ether oxygens (including phenoxy) is 1. The molecule has 10 heteroatoms. The molecule has 0 unspecified atom stereocenters. The summed E-state index contributed by atoms with van der Waals surface area (Å²) in [7, 11) is 0. The summed E-state index contributed by atoms with van der Waals surface area (Å²) in [5.74, 6) is -1.74. The standard InChI is InChI=1S/C25H18ClF2N3O3S/c26-19-11-18(7-8-20(19)27)34-25-23(35-13-31-25)24(33)30-12-17-6-5-16(10-21(17)28)15-3-1-14(2-4-15)9-22(29)32/h1-8,10-11,13H,9,12H2,(H2,29,32)(H,30,33). The molecule has 6 nitrogen and oxygen atoms in total. The highest BCUT2D eigenvalue weighted by atomic mass is 35.5. The van der Waals surface area contributed by atoms with E-state index in [2.05, 4.69) is 10.3 Å². The van der Waals surface area contributed by atoms with E-state index in [0.717, 1.165) is 28.5 Å². The zero-order valence-electron chi connectivity index (χ0n) is 18.1. The van der Waals surface area contributed by atoms with Crippen LogP contribution in [0.15, 0.2) is 66.2 Å². The van der Waals surface area contributed by atoms with Crippen LogP contribution in [0.1, 0.15) is 20.8 Å². The van der Waals surface area contributed by atoms with Gasteiger partial charge in [-0.1, -0.05) is 48.0 Å². The molecular weight excluding hydrogens is 496 g/mol. The molecule has 4 aromatic rings. The van der Waals surface area contributed by atoms with E-state index >= 15 is 0 Å². The van der Waals surface area contributed by atoms with Crippen molar-refractivity contribution in [3.63, 3.8) is 0 Å². The Labute approximate surface area is 208 Å². The van der Waals surface area contributed by atoms with Gasteiger partial charge in [0.2, 0.25) is 11.8 Å². The first-order chi connectivity index (χ1) is 16.8. The van der Waals surface area contributed by atoms with Crippen LogP contribution in [-0.2, 0) is 17.8 Å². The van der Waals surface area contributed by atoms with Crippen molar-refractivity contribution in [2.45, 2.75) is 13.0 Å². The zero-order chi connectivity index (χ0) is 24.9. The highest BCUT2D eigenvalue weighted by molar-refractivity contribution is 7.12. The quantitative estimate of drug-likeness (QED) is 0.325. The maximum Gasteiger partial charge on any atom is 0.267 e. The number of primary amides is 1. The van der Waals surface area contributed by atoms with E-state index in [4.69, 9.17) is 22.1 Å². The van der Waals surface area contributed by atoms with Crippen LogP contribution < -0.4 is 15.8 Å². The number of thiazole rings is 1. The van der Waals surface area contributed by atoms with Crippen molar-refractivity contribution in [3.05, 3.63) is 98.8 Å². The van der Waals surface area contributed by atoms with E-state index in [9.17, 15) is 18.4 Å². The second-order valence-electron chi connectivity index (χ2n) is 7.49. The number of halogens is 3. The molecule has 178 valence electrons. The molecule has 1 heterocycles. The molecule has 0 atom stereocenters. The lowest BCUT2D eigenvalue weighted by molar-refractivity contribution is -0.117. The molecule has 0 radical (unpaired) electrons. The molecule has 0 aliphatic heterocycles. The van der Waals surface area contributed by atoms with E-state index in [1.54, 1.807) is 36.4 Å². The van der Waals surface area contributed by atoms with Crippen LogP contribution >= 0.6 is 22.9 Å². The number of carbonyl (C=O) groups is 2. The Morgan fingerprint density at radius 1 is 1.00 bits per heavy atom. The molecular formula is C25H18ClF2N3O3S. The summed E-state index contributed by atoms with van der Waals surface area (Å²) in [4.78, 5) is 27.9. The van der Waals surface area contributed by atoms with Crippen molar-refractivity contribution in [2.75, 3.05) is 0 Å². The predicted octanol–water partition coefficient (Wildman–Crippen LogP) is 5.49. The Kier molecular flexibility index (Phi) is 7.38. The van der Waals surface area contributed by atoms with Crippen molar-refractivity contribution >= 4 is 34.8 Å². The van der Waals surface area contributed by atoms with Crippen molar-refractivity contribution in [2.24, 2.45) is 5.73 Å².